The maximum Gasteiger partial charge on any atom is 0.350 e. The van der Waals surface area contributed by atoms with Crippen molar-refractivity contribution in [3.05, 3.63) is 56.7 Å². The van der Waals surface area contributed by atoms with Gasteiger partial charge in [0.25, 0.3) is 0 Å². The minimum absolute atomic E-state index is 0.222. The number of nitrogens with zero attached hydrogens (tertiary/aromatic N) is 2. The maximum absolute atomic E-state index is 13.0. The molecule has 0 saturated heterocycles. The van der Waals surface area contributed by atoms with Gasteiger partial charge in [0.15, 0.2) is 11.5 Å². The van der Waals surface area contributed by atoms with Crippen LogP contribution >= 0.6 is 0 Å². The number of H-pyrrole nitrogens is 2. The van der Waals surface area contributed by atoms with E-state index in [1.54, 1.807) is 37.4 Å². The fourth-order valence-electron chi connectivity index (χ4n) is 3.32. The third-order valence-electron chi connectivity index (χ3n) is 4.88. The number of fused-ring (bicyclic) bond motifs is 3. The lowest BCUT2D eigenvalue weighted by Crippen LogP contribution is -2.32. The van der Waals surface area contributed by atoms with Gasteiger partial charge < -0.3 is 28.9 Å². The second kappa shape index (κ2) is 7.90. The zero-order valence-electron chi connectivity index (χ0n) is 17.3. The predicted molar refractivity (Wildman–Crippen MR) is 116 cm³/mol. The second-order valence-corrected chi connectivity index (χ2v) is 6.53. The molecule has 10 nitrogen and oxygen atoms in total. The molecule has 0 bridgehead atoms. The van der Waals surface area contributed by atoms with Gasteiger partial charge in [-0.05, 0) is 24.3 Å². The number of aromatic amines is 2. The Hall–Kier alpha value is -4.21. The Kier molecular flexibility index (Phi) is 5.12. The number of nitrogens with one attached hydrogen (secondary N) is 2. The number of ether oxygens (including phenoxy) is 4. The van der Waals surface area contributed by atoms with Gasteiger partial charge in [0.05, 0.1) is 40.2 Å². The molecule has 0 amide bonds. The first-order valence-corrected chi connectivity index (χ1v) is 9.19. The van der Waals surface area contributed by atoms with E-state index in [1.807, 2.05) is 0 Å². The van der Waals surface area contributed by atoms with Crippen LogP contribution in [0.3, 0.4) is 0 Å². The van der Waals surface area contributed by atoms with Gasteiger partial charge in [0.1, 0.15) is 17.0 Å². The van der Waals surface area contributed by atoms with Gasteiger partial charge in [0.2, 0.25) is 0 Å². The van der Waals surface area contributed by atoms with Crippen LogP contribution < -0.4 is 30.2 Å². The van der Waals surface area contributed by atoms with Crippen LogP contribution in [0.2, 0.25) is 0 Å². The molecular formula is C21H20N4O6. The highest BCUT2D eigenvalue weighted by Crippen LogP contribution is 2.33. The predicted octanol–water partition coefficient (Wildman–Crippen LogP) is 2.09. The standard InChI is InChI=1S/C21H20N4O6/c1-28-12-5-6-14-13(8-12)18-19(23-14)20(26)25(21(27)24-18)22-10-11-7-16(30-3)17(31-4)9-15(11)29-2/h5-10,23H,1-4H3,(H,24,27)/b22-10-. The Morgan fingerprint density at radius 3 is 2.23 bits per heavy atom. The van der Waals surface area contributed by atoms with Gasteiger partial charge in [-0.2, -0.15) is 5.10 Å². The van der Waals surface area contributed by atoms with Crippen molar-refractivity contribution in [3.63, 3.8) is 0 Å². The first-order chi connectivity index (χ1) is 15.0. The molecule has 2 aromatic carbocycles. The molecule has 0 radical (unpaired) electrons. The summed E-state index contributed by atoms with van der Waals surface area (Å²) in [6, 6.07) is 8.53. The van der Waals surface area contributed by atoms with Crippen LogP contribution in [0.5, 0.6) is 23.0 Å². The van der Waals surface area contributed by atoms with Gasteiger partial charge in [-0.25, -0.2) is 4.79 Å². The van der Waals surface area contributed by atoms with Gasteiger partial charge in [-0.15, -0.1) is 4.68 Å². The van der Waals surface area contributed by atoms with Crippen molar-refractivity contribution in [2.45, 2.75) is 0 Å². The number of rotatable bonds is 6. The van der Waals surface area contributed by atoms with E-state index in [0.29, 0.717) is 45.0 Å². The van der Waals surface area contributed by atoms with E-state index in [4.69, 9.17) is 18.9 Å². The van der Waals surface area contributed by atoms with Crippen molar-refractivity contribution in [1.82, 2.24) is 14.6 Å². The zero-order valence-corrected chi connectivity index (χ0v) is 17.3. The average molecular weight is 424 g/mol. The summed E-state index contributed by atoms with van der Waals surface area (Å²) in [7, 11) is 6.04. The minimum Gasteiger partial charge on any atom is -0.497 e. The van der Waals surface area contributed by atoms with Crippen LogP contribution in [0, 0.1) is 0 Å². The van der Waals surface area contributed by atoms with E-state index in [2.05, 4.69) is 15.1 Å². The molecule has 2 N–H and O–H groups in total. The third kappa shape index (κ3) is 3.37. The van der Waals surface area contributed by atoms with Crippen molar-refractivity contribution in [1.29, 1.82) is 0 Å². The number of benzene rings is 2. The molecule has 2 heterocycles. The summed E-state index contributed by atoms with van der Waals surface area (Å²) in [4.78, 5) is 31.3. The molecule has 160 valence electrons. The molecule has 0 aliphatic carbocycles. The molecule has 4 rings (SSSR count). The summed E-state index contributed by atoms with van der Waals surface area (Å²) in [6.07, 6.45) is 1.34. The van der Waals surface area contributed by atoms with Gasteiger partial charge in [-0.3, -0.25) is 4.79 Å². The lowest BCUT2D eigenvalue weighted by molar-refractivity contribution is 0.349. The Morgan fingerprint density at radius 1 is 0.839 bits per heavy atom. The van der Waals surface area contributed by atoms with E-state index in [9.17, 15) is 9.59 Å². The summed E-state index contributed by atoms with van der Waals surface area (Å²) in [5.41, 5.74) is 0.514. The van der Waals surface area contributed by atoms with Crippen LogP contribution in [-0.2, 0) is 0 Å². The zero-order chi connectivity index (χ0) is 22.1. The molecule has 0 spiro atoms. The number of aromatic nitrogens is 3. The number of methoxy groups -OCH3 is 4. The average Bonchev–Trinajstić information content (AvgIpc) is 3.16. The summed E-state index contributed by atoms with van der Waals surface area (Å²) in [5, 5.41) is 4.75. The fraction of sp³-hybridized carbons (Fsp3) is 0.190. The molecule has 0 aliphatic heterocycles. The van der Waals surface area contributed by atoms with E-state index < -0.39 is 11.2 Å². The van der Waals surface area contributed by atoms with Crippen molar-refractivity contribution < 1.29 is 18.9 Å². The van der Waals surface area contributed by atoms with Crippen LogP contribution in [0.25, 0.3) is 21.9 Å². The van der Waals surface area contributed by atoms with Gasteiger partial charge >= 0.3 is 11.2 Å². The van der Waals surface area contributed by atoms with Crippen LogP contribution in [-0.4, -0.2) is 49.3 Å². The normalized spacial score (nSPS) is 11.4. The second-order valence-electron chi connectivity index (χ2n) is 6.53. The lowest BCUT2D eigenvalue weighted by Gasteiger charge is -2.11. The first kappa shape index (κ1) is 20.1. The summed E-state index contributed by atoms with van der Waals surface area (Å²) < 4.78 is 21.9. The van der Waals surface area contributed by atoms with E-state index in [-0.39, 0.29) is 5.52 Å². The van der Waals surface area contributed by atoms with E-state index >= 15 is 0 Å². The molecule has 4 aromatic rings. The Labute approximate surface area is 175 Å². The number of hydrogen-bond acceptors (Lipinski definition) is 7. The summed E-state index contributed by atoms with van der Waals surface area (Å²) >= 11 is 0. The van der Waals surface area contributed by atoms with Crippen LogP contribution in [0.1, 0.15) is 5.56 Å². The van der Waals surface area contributed by atoms with Gasteiger partial charge in [-0.1, -0.05) is 0 Å². The molecule has 0 unspecified atom stereocenters. The van der Waals surface area contributed by atoms with Crippen molar-refractivity contribution >= 4 is 28.2 Å². The summed E-state index contributed by atoms with van der Waals surface area (Å²) in [5.74, 6) is 1.97. The topological polar surface area (TPSA) is 120 Å². The van der Waals surface area contributed by atoms with Crippen LogP contribution in [0.15, 0.2) is 45.0 Å². The largest absolute Gasteiger partial charge is 0.497 e. The highest BCUT2D eigenvalue weighted by atomic mass is 16.5. The van der Waals surface area contributed by atoms with Crippen molar-refractivity contribution in [3.8, 4) is 23.0 Å². The maximum atomic E-state index is 13.0. The van der Waals surface area contributed by atoms with Gasteiger partial charge in [0, 0.05) is 22.5 Å². The Balaban J connectivity index is 1.86. The molecule has 0 fully saturated rings. The summed E-state index contributed by atoms with van der Waals surface area (Å²) in [6.45, 7) is 0. The molecule has 31 heavy (non-hydrogen) atoms. The van der Waals surface area contributed by atoms with Crippen molar-refractivity contribution in [2.75, 3.05) is 28.4 Å². The molecular weight excluding hydrogens is 404 g/mol. The fourth-order valence-corrected chi connectivity index (χ4v) is 3.32. The highest BCUT2D eigenvalue weighted by molar-refractivity contribution is 6.04. The van der Waals surface area contributed by atoms with Crippen LogP contribution in [0.4, 0.5) is 0 Å². The molecule has 10 heteroatoms. The lowest BCUT2D eigenvalue weighted by atomic mass is 10.2. The molecule has 2 aromatic heterocycles. The minimum atomic E-state index is -0.683. The third-order valence-corrected chi connectivity index (χ3v) is 4.88. The smallest absolute Gasteiger partial charge is 0.350 e. The molecule has 0 atom stereocenters. The van der Waals surface area contributed by atoms with E-state index in [0.717, 1.165) is 4.68 Å². The highest BCUT2D eigenvalue weighted by Gasteiger charge is 2.14. The molecule has 0 aliphatic rings. The Morgan fingerprint density at radius 2 is 1.55 bits per heavy atom. The quantitative estimate of drug-likeness (QED) is 0.458. The Bertz CT molecular complexity index is 1430. The first-order valence-electron chi connectivity index (χ1n) is 9.19. The SMILES string of the molecule is COc1ccc2[nH]c3c(=O)n(/N=C\c4cc(OC)c(OC)cc4OC)c(=O)[nH]c3c2c1. The van der Waals surface area contributed by atoms with E-state index in [1.165, 1.54) is 27.5 Å². The molecule has 0 saturated carbocycles. The van der Waals surface area contributed by atoms with Crippen molar-refractivity contribution in [2.24, 2.45) is 5.10 Å². The monoisotopic (exact) mass is 424 g/mol. The number of hydrogen-bond donors (Lipinski definition) is 2.